The van der Waals surface area contributed by atoms with Crippen LogP contribution in [0.2, 0.25) is 0 Å². The molecule has 0 aromatic carbocycles. The number of halogens is 1. The Kier molecular flexibility index (Phi) is 2.77. The van der Waals surface area contributed by atoms with Crippen molar-refractivity contribution < 1.29 is 9.18 Å². The second kappa shape index (κ2) is 4.54. The summed E-state index contributed by atoms with van der Waals surface area (Å²) >= 11 is 0. The molecule has 4 rings (SSSR count). The molecule has 6 nitrogen and oxygen atoms in total. The van der Waals surface area contributed by atoms with Crippen molar-refractivity contribution >= 4 is 17.7 Å². The van der Waals surface area contributed by atoms with E-state index in [1.807, 2.05) is 4.90 Å². The first kappa shape index (κ1) is 12.8. The average Bonchev–Trinajstić information content (AvgIpc) is 3.27. The number of nitrogens with zero attached hydrogens (tertiary/aromatic N) is 4. The van der Waals surface area contributed by atoms with Gasteiger partial charge in [-0.05, 0) is 25.7 Å². The Morgan fingerprint density at radius 1 is 1.24 bits per heavy atom. The molecule has 2 atom stereocenters. The van der Waals surface area contributed by atoms with Crippen LogP contribution in [0.15, 0.2) is 6.20 Å². The van der Waals surface area contributed by atoms with Gasteiger partial charge in [0, 0.05) is 31.1 Å². The Bertz CT molecular complexity index is 577. The number of rotatable bonds is 2. The average molecular weight is 291 g/mol. The monoisotopic (exact) mass is 291 g/mol. The van der Waals surface area contributed by atoms with Crippen LogP contribution in [0.3, 0.4) is 0 Å². The van der Waals surface area contributed by atoms with Gasteiger partial charge >= 0.3 is 0 Å². The zero-order valence-electron chi connectivity index (χ0n) is 11.7. The molecule has 3 heterocycles. The first-order chi connectivity index (χ1) is 10.1. The Labute approximate surface area is 122 Å². The molecule has 2 N–H and O–H groups in total. The van der Waals surface area contributed by atoms with Crippen molar-refractivity contribution in [2.75, 3.05) is 23.7 Å². The first-order valence-corrected chi connectivity index (χ1v) is 7.48. The van der Waals surface area contributed by atoms with Gasteiger partial charge in [-0.15, -0.1) is 0 Å². The SMILES string of the molecule is Nc1ncc(F)c(N2C[C@H]3CC[C@@H](C2)N3C(=O)C2CC2)n1. The second-order valence-corrected chi connectivity index (χ2v) is 6.21. The highest BCUT2D eigenvalue weighted by Gasteiger charge is 2.47. The number of piperazine rings is 1. The minimum atomic E-state index is -0.453. The lowest BCUT2D eigenvalue weighted by Gasteiger charge is -2.41. The van der Waals surface area contributed by atoms with Gasteiger partial charge in [0.15, 0.2) is 11.6 Å². The minimum Gasteiger partial charge on any atom is -0.368 e. The van der Waals surface area contributed by atoms with Crippen molar-refractivity contribution in [1.29, 1.82) is 0 Å². The van der Waals surface area contributed by atoms with Gasteiger partial charge < -0.3 is 15.5 Å². The summed E-state index contributed by atoms with van der Waals surface area (Å²) in [6.45, 7) is 1.25. The van der Waals surface area contributed by atoms with E-state index in [1.54, 1.807) is 0 Å². The molecular formula is C14H18FN5O. The van der Waals surface area contributed by atoms with Crippen molar-refractivity contribution in [2.45, 2.75) is 37.8 Å². The standard InChI is InChI=1S/C14H18FN5O/c15-11-5-17-14(16)18-12(11)19-6-9-3-4-10(7-19)20(9)13(21)8-1-2-8/h5,8-10H,1-4,6-7H2,(H2,16,17,18)/t9-,10+. The molecule has 1 amide bonds. The molecular weight excluding hydrogens is 273 g/mol. The topological polar surface area (TPSA) is 75.3 Å². The Hall–Kier alpha value is -1.92. The van der Waals surface area contributed by atoms with Crippen LogP contribution >= 0.6 is 0 Å². The summed E-state index contributed by atoms with van der Waals surface area (Å²) in [4.78, 5) is 24.0. The van der Waals surface area contributed by atoms with E-state index in [9.17, 15) is 9.18 Å². The van der Waals surface area contributed by atoms with Gasteiger partial charge in [-0.25, -0.2) is 9.37 Å². The molecule has 1 saturated carbocycles. The maximum absolute atomic E-state index is 13.9. The third kappa shape index (κ3) is 2.11. The van der Waals surface area contributed by atoms with E-state index in [0.717, 1.165) is 31.9 Å². The number of anilines is 2. The molecule has 3 fully saturated rings. The lowest BCUT2D eigenvalue weighted by Crippen LogP contribution is -2.56. The zero-order chi connectivity index (χ0) is 14.6. The number of nitrogen functional groups attached to an aromatic ring is 1. The summed E-state index contributed by atoms with van der Waals surface area (Å²) in [6, 6.07) is 0.347. The molecule has 2 bridgehead atoms. The molecule has 0 spiro atoms. The zero-order valence-corrected chi connectivity index (χ0v) is 11.7. The van der Waals surface area contributed by atoms with Gasteiger partial charge in [0.25, 0.3) is 0 Å². The molecule has 0 unspecified atom stereocenters. The molecule has 1 aliphatic carbocycles. The predicted octanol–water partition coefficient (Wildman–Crippen LogP) is 0.787. The third-order valence-corrected chi connectivity index (χ3v) is 4.71. The first-order valence-electron chi connectivity index (χ1n) is 7.48. The van der Waals surface area contributed by atoms with Crippen molar-refractivity contribution in [3.63, 3.8) is 0 Å². The van der Waals surface area contributed by atoms with Crippen LogP contribution in [0.4, 0.5) is 16.2 Å². The van der Waals surface area contributed by atoms with Crippen LogP contribution in [-0.4, -0.2) is 45.9 Å². The van der Waals surface area contributed by atoms with E-state index in [-0.39, 0.29) is 29.8 Å². The Balaban J connectivity index is 1.57. The highest BCUT2D eigenvalue weighted by molar-refractivity contribution is 5.82. The number of aromatic nitrogens is 2. The second-order valence-electron chi connectivity index (χ2n) is 6.21. The van der Waals surface area contributed by atoms with E-state index < -0.39 is 5.82 Å². The van der Waals surface area contributed by atoms with Gasteiger partial charge in [-0.1, -0.05) is 0 Å². The minimum absolute atomic E-state index is 0.0789. The smallest absolute Gasteiger partial charge is 0.226 e. The lowest BCUT2D eigenvalue weighted by atomic mass is 10.1. The summed E-state index contributed by atoms with van der Waals surface area (Å²) < 4.78 is 13.9. The molecule has 2 saturated heterocycles. The summed E-state index contributed by atoms with van der Waals surface area (Å²) in [5, 5.41) is 0. The van der Waals surface area contributed by atoms with E-state index >= 15 is 0 Å². The number of hydrogen-bond acceptors (Lipinski definition) is 5. The van der Waals surface area contributed by atoms with Gasteiger partial charge in [-0.3, -0.25) is 4.79 Å². The molecule has 7 heteroatoms. The van der Waals surface area contributed by atoms with E-state index in [0.29, 0.717) is 19.0 Å². The fourth-order valence-electron chi connectivity index (χ4n) is 3.57. The molecule has 2 aliphatic heterocycles. The van der Waals surface area contributed by atoms with Gasteiger partial charge in [-0.2, -0.15) is 4.98 Å². The fraction of sp³-hybridized carbons (Fsp3) is 0.643. The van der Waals surface area contributed by atoms with Crippen molar-refractivity contribution in [1.82, 2.24) is 14.9 Å². The molecule has 1 aromatic rings. The van der Waals surface area contributed by atoms with Gasteiger partial charge in [0.2, 0.25) is 11.9 Å². The summed E-state index contributed by atoms with van der Waals surface area (Å²) in [5.74, 6) is 0.426. The van der Waals surface area contributed by atoms with Crippen molar-refractivity contribution in [3.8, 4) is 0 Å². The highest BCUT2D eigenvalue weighted by atomic mass is 19.1. The van der Waals surface area contributed by atoms with Gasteiger partial charge in [0.05, 0.1) is 6.20 Å². The normalized spacial score (nSPS) is 28.0. The number of hydrogen-bond donors (Lipinski definition) is 1. The summed E-state index contributed by atoms with van der Waals surface area (Å²) in [6.07, 6.45) is 5.13. The Morgan fingerprint density at radius 2 is 1.90 bits per heavy atom. The largest absolute Gasteiger partial charge is 0.368 e. The van der Waals surface area contributed by atoms with Gasteiger partial charge in [0.1, 0.15) is 0 Å². The van der Waals surface area contributed by atoms with Crippen LogP contribution in [0, 0.1) is 11.7 Å². The molecule has 1 aromatic heterocycles. The van der Waals surface area contributed by atoms with Crippen LogP contribution in [0.25, 0.3) is 0 Å². The number of nitrogens with two attached hydrogens (primary N) is 1. The predicted molar refractivity (Wildman–Crippen MR) is 75.0 cm³/mol. The number of carbonyl (C=O) groups is 1. The van der Waals surface area contributed by atoms with Crippen molar-refractivity contribution in [3.05, 3.63) is 12.0 Å². The lowest BCUT2D eigenvalue weighted by molar-refractivity contribution is -0.135. The van der Waals surface area contributed by atoms with E-state index in [4.69, 9.17) is 5.73 Å². The third-order valence-electron chi connectivity index (χ3n) is 4.71. The fourth-order valence-corrected chi connectivity index (χ4v) is 3.57. The van der Waals surface area contributed by atoms with Crippen LogP contribution < -0.4 is 10.6 Å². The Morgan fingerprint density at radius 3 is 2.52 bits per heavy atom. The van der Waals surface area contributed by atoms with E-state index in [2.05, 4.69) is 14.9 Å². The van der Waals surface area contributed by atoms with Crippen LogP contribution in [0.1, 0.15) is 25.7 Å². The quantitative estimate of drug-likeness (QED) is 0.872. The summed E-state index contributed by atoms with van der Waals surface area (Å²) in [7, 11) is 0. The highest BCUT2D eigenvalue weighted by Crippen LogP contribution is 2.38. The summed E-state index contributed by atoms with van der Waals surface area (Å²) in [5.41, 5.74) is 5.56. The maximum Gasteiger partial charge on any atom is 0.226 e. The molecule has 112 valence electrons. The van der Waals surface area contributed by atoms with Crippen molar-refractivity contribution in [2.24, 2.45) is 5.92 Å². The number of carbonyl (C=O) groups excluding carboxylic acids is 1. The number of fused-ring (bicyclic) bond motifs is 2. The van der Waals surface area contributed by atoms with E-state index in [1.165, 1.54) is 0 Å². The maximum atomic E-state index is 13.9. The molecule has 3 aliphatic rings. The molecule has 21 heavy (non-hydrogen) atoms. The number of amides is 1. The molecule has 0 radical (unpaired) electrons. The van der Waals surface area contributed by atoms with Crippen LogP contribution in [0.5, 0.6) is 0 Å². The van der Waals surface area contributed by atoms with Crippen LogP contribution in [-0.2, 0) is 4.79 Å².